The molecule has 5 nitrogen and oxygen atoms in total. The molecule has 0 aliphatic carbocycles. The zero-order valence-corrected chi connectivity index (χ0v) is 16.1. The van der Waals surface area contributed by atoms with Crippen LogP contribution in [0, 0.1) is 0 Å². The first kappa shape index (κ1) is 19.9. The van der Waals surface area contributed by atoms with E-state index in [2.05, 4.69) is 33.9 Å². The second-order valence-electron chi connectivity index (χ2n) is 5.63. The second-order valence-corrected chi connectivity index (χ2v) is 8.40. The van der Waals surface area contributed by atoms with Gasteiger partial charge >= 0.3 is 0 Å². The number of sulfonamides is 1. The number of hydrogen-bond acceptors (Lipinski definition) is 5. The van der Waals surface area contributed by atoms with Gasteiger partial charge in [0.2, 0.25) is 10.0 Å². The summed E-state index contributed by atoms with van der Waals surface area (Å²) in [6.07, 6.45) is 2.05. The van der Waals surface area contributed by atoms with Gasteiger partial charge in [-0.15, -0.1) is 11.8 Å². The number of aliphatic hydroxyl groups is 1. The molecular weight excluding hydrogens is 356 g/mol. The lowest BCUT2D eigenvalue weighted by atomic mass is 10.1. The Morgan fingerprint density at radius 2 is 1.52 bits per heavy atom. The summed E-state index contributed by atoms with van der Waals surface area (Å²) in [5.74, 6) is 0. The van der Waals surface area contributed by atoms with Gasteiger partial charge in [0.05, 0.1) is 11.5 Å². The molecule has 0 amide bonds. The van der Waals surface area contributed by atoms with Crippen molar-refractivity contribution < 1.29 is 13.5 Å². The highest BCUT2D eigenvalue weighted by atomic mass is 32.2. The molecule has 0 unspecified atom stereocenters. The Kier molecular flexibility index (Phi) is 7.46. The lowest BCUT2D eigenvalue weighted by molar-refractivity contribution is 0.184. The van der Waals surface area contributed by atoms with E-state index in [-0.39, 0.29) is 11.5 Å². The first-order valence-corrected chi connectivity index (χ1v) is 10.7. The Morgan fingerprint density at radius 3 is 1.96 bits per heavy atom. The van der Waals surface area contributed by atoms with Gasteiger partial charge in [-0.2, -0.15) is 0 Å². The Labute approximate surface area is 154 Å². The fourth-order valence-corrected chi connectivity index (χ4v) is 3.63. The van der Waals surface area contributed by atoms with Crippen molar-refractivity contribution in [3.63, 3.8) is 0 Å². The standard InChI is InChI=1S/C18H24N2O3S2/c1-19-25(22,23)18-9-5-16(6-10-18)14-20(11-12-21)13-15-3-7-17(24-2)8-4-15/h3-10,19,21H,11-14H2,1-2H3. The third-order valence-electron chi connectivity index (χ3n) is 3.89. The zero-order valence-electron chi connectivity index (χ0n) is 14.5. The molecule has 0 aliphatic rings. The average molecular weight is 381 g/mol. The van der Waals surface area contributed by atoms with Crippen LogP contribution >= 0.6 is 11.8 Å². The molecule has 25 heavy (non-hydrogen) atoms. The first-order valence-electron chi connectivity index (χ1n) is 7.97. The molecule has 2 aromatic carbocycles. The third-order valence-corrected chi connectivity index (χ3v) is 6.06. The molecule has 2 N–H and O–H groups in total. The zero-order chi connectivity index (χ0) is 18.3. The lowest BCUT2D eigenvalue weighted by Crippen LogP contribution is -2.26. The Bertz CT molecular complexity index is 760. The van der Waals surface area contributed by atoms with Crippen LogP contribution in [0.3, 0.4) is 0 Å². The average Bonchev–Trinajstić information content (AvgIpc) is 2.63. The van der Waals surface area contributed by atoms with E-state index >= 15 is 0 Å². The normalized spacial score (nSPS) is 11.8. The van der Waals surface area contributed by atoms with Crippen molar-refractivity contribution in [1.82, 2.24) is 9.62 Å². The van der Waals surface area contributed by atoms with Crippen molar-refractivity contribution in [2.45, 2.75) is 22.9 Å². The third kappa shape index (κ3) is 5.83. The van der Waals surface area contributed by atoms with Gasteiger partial charge < -0.3 is 5.11 Å². The van der Waals surface area contributed by atoms with Crippen molar-refractivity contribution >= 4 is 21.8 Å². The number of aliphatic hydroxyl groups excluding tert-OH is 1. The van der Waals surface area contributed by atoms with Gasteiger partial charge in [-0.1, -0.05) is 24.3 Å². The number of nitrogens with one attached hydrogen (secondary N) is 1. The number of thioether (sulfide) groups is 1. The predicted molar refractivity (Wildman–Crippen MR) is 102 cm³/mol. The number of hydrogen-bond donors (Lipinski definition) is 2. The summed E-state index contributed by atoms with van der Waals surface area (Å²) in [6.45, 7) is 2.01. The van der Waals surface area contributed by atoms with Crippen molar-refractivity contribution in [2.24, 2.45) is 0 Å². The maximum absolute atomic E-state index is 11.8. The van der Waals surface area contributed by atoms with E-state index in [1.807, 2.05) is 18.4 Å². The van der Waals surface area contributed by atoms with Crippen molar-refractivity contribution in [1.29, 1.82) is 0 Å². The van der Waals surface area contributed by atoms with Crippen LogP contribution in [0.2, 0.25) is 0 Å². The molecule has 0 saturated carbocycles. The van der Waals surface area contributed by atoms with Crippen LogP contribution < -0.4 is 4.72 Å². The second kappa shape index (κ2) is 9.35. The molecular formula is C18H24N2O3S2. The quantitative estimate of drug-likeness (QED) is 0.654. The highest BCUT2D eigenvalue weighted by molar-refractivity contribution is 7.98. The molecule has 0 fully saturated rings. The number of rotatable bonds is 9. The SMILES string of the molecule is CNS(=O)(=O)c1ccc(CN(CCO)Cc2ccc(SC)cc2)cc1. The Hall–Kier alpha value is -1.38. The molecule has 2 rings (SSSR count). The smallest absolute Gasteiger partial charge is 0.240 e. The summed E-state index contributed by atoms with van der Waals surface area (Å²) in [7, 11) is -2.02. The molecule has 7 heteroatoms. The fraction of sp³-hybridized carbons (Fsp3) is 0.333. The predicted octanol–water partition coefficient (Wildman–Crippen LogP) is 2.31. The summed E-state index contributed by atoms with van der Waals surface area (Å²) in [5.41, 5.74) is 2.19. The Balaban J connectivity index is 2.07. The topological polar surface area (TPSA) is 69.6 Å². The molecule has 0 bridgehead atoms. The molecule has 0 spiro atoms. The van der Waals surface area contributed by atoms with Gasteiger partial charge in [-0.3, -0.25) is 4.90 Å². The summed E-state index contributed by atoms with van der Waals surface area (Å²) in [6, 6.07) is 15.2. The Morgan fingerprint density at radius 1 is 1.00 bits per heavy atom. The molecule has 0 aliphatic heterocycles. The summed E-state index contributed by atoms with van der Waals surface area (Å²) < 4.78 is 25.9. The van der Waals surface area contributed by atoms with Crippen LogP contribution in [-0.2, 0) is 23.1 Å². The lowest BCUT2D eigenvalue weighted by Gasteiger charge is -2.22. The highest BCUT2D eigenvalue weighted by Crippen LogP contribution is 2.17. The monoisotopic (exact) mass is 380 g/mol. The van der Waals surface area contributed by atoms with Crippen LogP contribution in [-0.4, -0.2) is 44.9 Å². The van der Waals surface area contributed by atoms with E-state index in [0.29, 0.717) is 13.1 Å². The molecule has 0 atom stereocenters. The first-order chi connectivity index (χ1) is 12.0. The van der Waals surface area contributed by atoms with E-state index in [4.69, 9.17) is 0 Å². The number of benzene rings is 2. The maximum atomic E-state index is 11.8. The minimum Gasteiger partial charge on any atom is -0.395 e. The molecule has 136 valence electrons. The largest absolute Gasteiger partial charge is 0.395 e. The van der Waals surface area contributed by atoms with Crippen LogP contribution in [0.5, 0.6) is 0 Å². The van der Waals surface area contributed by atoms with E-state index < -0.39 is 10.0 Å². The van der Waals surface area contributed by atoms with Gasteiger partial charge in [0.1, 0.15) is 0 Å². The van der Waals surface area contributed by atoms with Crippen LogP contribution in [0.25, 0.3) is 0 Å². The summed E-state index contributed by atoms with van der Waals surface area (Å²) in [4.78, 5) is 3.61. The van der Waals surface area contributed by atoms with E-state index in [0.717, 1.165) is 12.1 Å². The van der Waals surface area contributed by atoms with Gasteiger partial charge in [-0.25, -0.2) is 13.1 Å². The summed E-state index contributed by atoms with van der Waals surface area (Å²) in [5, 5.41) is 9.32. The molecule has 0 saturated heterocycles. The van der Waals surface area contributed by atoms with E-state index in [1.54, 1.807) is 23.9 Å². The van der Waals surface area contributed by atoms with Crippen LogP contribution in [0.15, 0.2) is 58.3 Å². The highest BCUT2D eigenvalue weighted by Gasteiger charge is 2.12. The van der Waals surface area contributed by atoms with Gasteiger partial charge in [0.25, 0.3) is 0 Å². The van der Waals surface area contributed by atoms with Crippen molar-refractivity contribution in [3.05, 3.63) is 59.7 Å². The van der Waals surface area contributed by atoms with E-state index in [9.17, 15) is 13.5 Å². The summed E-state index contributed by atoms with van der Waals surface area (Å²) >= 11 is 1.71. The van der Waals surface area contributed by atoms with Gasteiger partial charge in [-0.05, 0) is 48.7 Å². The number of nitrogens with zero attached hydrogens (tertiary/aromatic N) is 1. The van der Waals surface area contributed by atoms with Crippen molar-refractivity contribution in [3.8, 4) is 0 Å². The van der Waals surface area contributed by atoms with Gasteiger partial charge in [0, 0.05) is 24.5 Å². The maximum Gasteiger partial charge on any atom is 0.240 e. The molecule has 0 aromatic heterocycles. The molecule has 0 heterocycles. The van der Waals surface area contributed by atoms with E-state index in [1.165, 1.54) is 17.5 Å². The molecule has 2 aromatic rings. The molecule has 0 radical (unpaired) electrons. The minimum atomic E-state index is -3.41. The van der Waals surface area contributed by atoms with Crippen molar-refractivity contribution in [2.75, 3.05) is 26.5 Å². The minimum absolute atomic E-state index is 0.0785. The van der Waals surface area contributed by atoms with Crippen LogP contribution in [0.4, 0.5) is 0 Å². The fourth-order valence-electron chi connectivity index (χ4n) is 2.49. The van der Waals surface area contributed by atoms with Gasteiger partial charge in [0.15, 0.2) is 0 Å². The van der Waals surface area contributed by atoms with Crippen LogP contribution in [0.1, 0.15) is 11.1 Å².